The molecule has 0 aliphatic rings. The van der Waals surface area contributed by atoms with Gasteiger partial charge in [-0.1, -0.05) is 34.7 Å². The van der Waals surface area contributed by atoms with E-state index in [9.17, 15) is 9.59 Å². The maximum atomic E-state index is 12.5. The molecule has 0 spiro atoms. The van der Waals surface area contributed by atoms with Crippen LogP contribution < -0.4 is 21.7 Å². The first-order valence-corrected chi connectivity index (χ1v) is 8.84. The number of nitrogens with one attached hydrogen (secondary N) is 2. The molecule has 140 valence electrons. The van der Waals surface area contributed by atoms with Crippen molar-refractivity contribution in [2.45, 2.75) is 13.5 Å². The van der Waals surface area contributed by atoms with Gasteiger partial charge in [0.25, 0.3) is 5.56 Å². The van der Waals surface area contributed by atoms with Crippen LogP contribution in [0.3, 0.4) is 0 Å². The number of urea groups is 1. The molecule has 0 saturated heterocycles. The molecule has 0 fully saturated rings. The summed E-state index contributed by atoms with van der Waals surface area (Å²) in [6.45, 7) is 2.07. The molecule has 28 heavy (non-hydrogen) atoms. The number of aromatic nitrogens is 4. The van der Waals surface area contributed by atoms with E-state index < -0.39 is 11.6 Å². The topological polar surface area (TPSA) is 102 Å². The second-order valence-corrected chi connectivity index (χ2v) is 6.44. The van der Waals surface area contributed by atoms with Crippen LogP contribution in [-0.4, -0.2) is 33.6 Å². The number of halogens is 2. The third-order valence-corrected chi connectivity index (χ3v) is 4.24. The third-order valence-electron chi connectivity index (χ3n) is 3.67. The first-order valence-electron chi connectivity index (χ1n) is 8.09. The average Bonchev–Trinajstić information content (AvgIpc) is 2.66. The lowest BCUT2D eigenvalue weighted by Crippen LogP contribution is -2.29. The molecule has 0 saturated carbocycles. The van der Waals surface area contributed by atoms with Gasteiger partial charge in [0.15, 0.2) is 0 Å². The van der Waals surface area contributed by atoms with Crippen LogP contribution in [-0.2, 0) is 6.54 Å². The standard InChI is InChI=1S/C17H13BCl2N6O2/c1-2-26-16(27)14(4-13(25-26)9-3-10(18)6-21-5-9)23-17(28)24-15-11(19)7-22-8-12(15)20/h3-8H,2H2,1H3,(H2,22,23,24,28). The molecule has 0 aliphatic carbocycles. The highest BCUT2D eigenvalue weighted by Gasteiger charge is 2.15. The summed E-state index contributed by atoms with van der Waals surface area (Å²) in [4.78, 5) is 32.7. The van der Waals surface area contributed by atoms with Crippen molar-refractivity contribution in [1.82, 2.24) is 19.7 Å². The van der Waals surface area contributed by atoms with Gasteiger partial charge < -0.3 is 10.6 Å². The largest absolute Gasteiger partial charge is 0.323 e. The van der Waals surface area contributed by atoms with Gasteiger partial charge in [0.05, 0.1) is 21.4 Å². The first-order chi connectivity index (χ1) is 13.4. The van der Waals surface area contributed by atoms with Crippen LogP contribution in [0.25, 0.3) is 11.3 Å². The van der Waals surface area contributed by atoms with Crippen LogP contribution in [0.5, 0.6) is 0 Å². The summed E-state index contributed by atoms with van der Waals surface area (Å²) in [6.07, 6.45) is 5.73. The molecular weight excluding hydrogens is 402 g/mol. The Morgan fingerprint density at radius 1 is 1.11 bits per heavy atom. The van der Waals surface area contributed by atoms with Crippen molar-refractivity contribution in [3.05, 3.63) is 57.3 Å². The maximum Gasteiger partial charge on any atom is 0.323 e. The summed E-state index contributed by atoms with van der Waals surface area (Å²) in [5, 5.41) is 9.60. The van der Waals surface area contributed by atoms with Crippen LogP contribution in [0.15, 0.2) is 41.7 Å². The third kappa shape index (κ3) is 4.32. The molecule has 0 aromatic carbocycles. The highest BCUT2D eigenvalue weighted by atomic mass is 35.5. The molecule has 2 radical (unpaired) electrons. The van der Waals surface area contributed by atoms with Crippen LogP contribution in [0, 0.1) is 0 Å². The van der Waals surface area contributed by atoms with Gasteiger partial charge in [-0.2, -0.15) is 5.10 Å². The number of pyridine rings is 2. The van der Waals surface area contributed by atoms with Crippen molar-refractivity contribution in [3.8, 4) is 11.3 Å². The maximum absolute atomic E-state index is 12.5. The second-order valence-electron chi connectivity index (χ2n) is 5.63. The van der Waals surface area contributed by atoms with Gasteiger partial charge in [0.2, 0.25) is 0 Å². The minimum atomic E-state index is -0.697. The predicted octanol–water partition coefficient (Wildman–Crippen LogP) is 2.46. The van der Waals surface area contributed by atoms with E-state index in [1.807, 2.05) is 0 Å². The predicted molar refractivity (Wildman–Crippen MR) is 110 cm³/mol. The van der Waals surface area contributed by atoms with Gasteiger partial charge in [0.1, 0.15) is 13.5 Å². The van der Waals surface area contributed by atoms with Crippen molar-refractivity contribution >= 4 is 53.9 Å². The Bertz CT molecular complexity index is 1080. The van der Waals surface area contributed by atoms with Crippen LogP contribution in [0.1, 0.15) is 6.92 Å². The number of carbonyl (C=O) groups is 1. The minimum Gasteiger partial charge on any atom is -0.305 e. The van der Waals surface area contributed by atoms with E-state index in [0.29, 0.717) is 23.3 Å². The Kier molecular flexibility index (Phi) is 5.96. The number of amides is 2. The molecule has 3 aromatic rings. The molecule has 2 amide bonds. The summed E-state index contributed by atoms with van der Waals surface area (Å²) in [7, 11) is 5.76. The Balaban J connectivity index is 1.94. The smallest absolute Gasteiger partial charge is 0.305 e. The molecule has 2 N–H and O–H groups in total. The molecule has 3 heterocycles. The van der Waals surface area contributed by atoms with Crippen molar-refractivity contribution < 1.29 is 4.79 Å². The zero-order valence-corrected chi connectivity index (χ0v) is 16.1. The number of rotatable bonds is 4. The van der Waals surface area contributed by atoms with E-state index in [1.165, 1.54) is 29.3 Å². The zero-order chi connectivity index (χ0) is 20.3. The second kappa shape index (κ2) is 8.41. The summed E-state index contributed by atoms with van der Waals surface area (Å²) < 4.78 is 1.22. The highest BCUT2D eigenvalue weighted by molar-refractivity contribution is 6.39. The van der Waals surface area contributed by atoms with E-state index in [-0.39, 0.29) is 21.4 Å². The number of anilines is 2. The normalized spacial score (nSPS) is 10.5. The van der Waals surface area contributed by atoms with E-state index >= 15 is 0 Å². The SMILES string of the molecule is [B]c1cncc(-c2cc(NC(=O)Nc3c(Cl)cncc3Cl)c(=O)n(CC)n2)c1. The number of hydrogen-bond donors (Lipinski definition) is 2. The highest BCUT2D eigenvalue weighted by Crippen LogP contribution is 2.28. The number of nitrogens with zero attached hydrogens (tertiary/aromatic N) is 4. The Morgan fingerprint density at radius 3 is 2.43 bits per heavy atom. The molecular formula is C17H13BCl2N6O2. The fourth-order valence-corrected chi connectivity index (χ4v) is 2.84. The van der Waals surface area contributed by atoms with Gasteiger partial charge in [0, 0.05) is 36.9 Å². The summed E-state index contributed by atoms with van der Waals surface area (Å²) in [5.74, 6) is 0. The number of carbonyl (C=O) groups excluding carboxylic acids is 1. The van der Waals surface area contributed by atoms with E-state index in [4.69, 9.17) is 31.0 Å². The van der Waals surface area contributed by atoms with Crippen molar-refractivity contribution in [1.29, 1.82) is 0 Å². The average molecular weight is 415 g/mol. The van der Waals surface area contributed by atoms with E-state index in [1.54, 1.807) is 19.2 Å². The number of hydrogen-bond acceptors (Lipinski definition) is 5. The van der Waals surface area contributed by atoms with Gasteiger partial charge in [-0.25, -0.2) is 9.48 Å². The van der Waals surface area contributed by atoms with Gasteiger partial charge >= 0.3 is 6.03 Å². The summed E-state index contributed by atoms with van der Waals surface area (Å²) in [6, 6.07) is 2.41. The quantitative estimate of drug-likeness (QED) is 0.638. The lowest BCUT2D eigenvalue weighted by molar-refractivity contribution is 0.262. The molecule has 11 heteroatoms. The zero-order valence-electron chi connectivity index (χ0n) is 14.6. The molecule has 0 aliphatic heterocycles. The van der Waals surface area contributed by atoms with Crippen LogP contribution in [0.2, 0.25) is 10.0 Å². The van der Waals surface area contributed by atoms with Gasteiger partial charge in [-0.05, 0) is 13.0 Å². The molecule has 0 unspecified atom stereocenters. The molecule has 3 aromatic heterocycles. The van der Waals surface area contributed by atoms with Crippen LogP contribution in [0.4, 0.5) is 16.2 Å². The fourth-order valence-electron chi connectivity index (χ4n) is 2.38. The van der Waals surface area contributed by atoms with E-state index in [0.717, 1.165) is 0 Å². The Labute approximate surface area is 171 Å². The minimum absolute atomic E-state index is 0.0214. The van der Waals surface area contributed by atoms with Crippen molar-refractivity contribution in [2.75, 3.05) is 10.6 Å². The molecule has 0 atom stereocenters. The molecule has 8 nitrogen and oxygen atoms in total. The van der Waals surface area contributed by atoms with Gasteiger partial charge in [-0.15, -0.1) is 0 Å². The lowest BCUT2D eigenvalue weighted by Gasteiger charge is -2.12. The Morgan fingerprint density at radius 2 is 1.79 bits per heavy atom. The molecule has 0 bridgehead atoms. The summed E-state index contributed by atoms with van der Waals surface area (Å²) >= 11 is 12.0. The molecule has 3 rings (SSSR count). The summed E-state index contributed by atoms with van der Waals surface area (Å²) in [5.41, 5.74) is 1.21. The first kappa shape index (κ1) is 19.8. The van der Waals surface area contributed by atoms with Gasteiger partial charge in [-0.3, -0.25) is 14.8 Å². The van der Waals surface area contributed by atoms with E-state index in [2.05, 4.69) is 25.7 Å². The lowest BCUT2D eigenvalue weighted by atomic mass is 9.96. The van der Waals surface area contributed by atoms with Crippen molar-refractivity contribution in [3.63, 3.8) is 0 Å². The van der Waals surface area contributed by atoms with Crippen LogP contribution >= 0.6 is 23.2 Å². The van der Waals surface area contributed by atoms with Crippen molar-refractivity contribution in [2.24, 2.45) is 0 Å². The monoisotopic (exact) mass is 414 g/mol. The Hall–Kier alpha value is -2.91. The fraction of sp³-hybridized carbons (Fsp3) is 0.118. The number of aryl methyl sites for hydroxylation is 1.